The van der Waals surface area contributed by atoms with Crippen LogP contribution in [0.1, 0.15) is 31.4 Å². The first kappa shape index (κ1) is 12.4. The van der Waals surface area contributed by atoms with Gasteiger partial charge in [0, 0.05) is 10.0 Å². The van der Waals surface area contributed by atoms with E-state index < -0.39 is 6.10 Å². The van der Waals surface area contributed by atoms with Crippen LogP contribution in [0, 0.1) is 5.82 Å². The summed E-state index contributed by atoms with van der Waals surface area (Å²) in [7, 11) is 0. The lowest BCUT2D eigenvalue weighted by molar-refractivity contribution is 0.172. The Kier molecular flexibility index (Phi) is 4.48. The molecule has 0 aliphatic rings. The quantitative estimate of drug-likeness (QED) is 0.823. The molecular formula is C12H14BrFO. The summed E-state index contributed by atoms with van der Waals surface area (Å²) in [5, 5.41) is 9.81. The van der Waals surface area contributed by atoms with Gasteiger partial charge in [-0.05, 0) is 31.0 Å². The number of aliphatic hydroxyl groups is 1. The molecule has 3 heteroatoms. The minimum absolute atomic E-state index is 0.318. The fourth-order valence-corrected chi connectivity index (χ4v) is 1.68. The number of rotatable bonds is 4. The third kappa shape index (κ3) is 3.43. The van der Waals surface area contributed by atoms with E-state index in [-0.39, 0.29) is 5.82 Å². The van der Waals surface area contributed by atoms with Crippen molar-refractivity contribution in [3.8, 4) is 0 Å². The average molecular weight is 273 g/mol. The van der Waals surface area contributed by atoms with Gasteiger partial charge in [0.1, 0.15) is 5.82 Å². The number of halogens is 2. The highest BCUT2D eigenvalue weighted by Gasteiger charge is 2.13. The van der Waals surface area contributed by atoms with Crippen molar-refractivity contribution in [1.82, 2.24) is 0 Å². The fourth-order valence-electron chi connectivity index (χ4n) is 1.30. The topological polar surface area (TPSA) is 20.2 Å². The molecule has 1 aromatic carbocycles. The first-order valence-electron chi connectivity index (χ1n) is 4.84. The zero-order valence-corrected chi connectivity index (χ0v) is 10.2. The van der Waals surface area contributed by atoms with E-state index in [4.69, 9.17) is 0 Å². The van der Waals surface area contributed by atoms with Crippen LogP contribution in [0.2, 0.25) is 0 Å². The molecule has 0 aliphatic carbocycles. The molecule has 1 atom stereocenters. The maximum atomic E-state index is 13.4. The molecule has 82 valence electrons. The Labute approximate surface area is 97.8 Å². The second kappa shape index (κ2) is 5.42. The number of aliphatic hydroxyl groups excluding tert-OH is 1. The maximum Gasteiger partial charge on any atom is 0.129 e. The molecule has 0 heterocycles. The summed E-state index contributed by atoms with van der Waals surface area (Å²) in [4.78, 5) is 0. The first-order chi connectivity index (χ1) is 7.04. The molecule has 1 rings (SSSR count). The summed E-state index contributed by atoms with van der Waals surface area (Å²) in [6.07, 6.45) is 0.395. The molecular weight excluding hydrogens is 259 g/mol. The molecule has 0 saturated heterocycles. The molecule has 0 aromatic heterocycles. The molecule has 1 nitrogen and oxygen atoms in total. The molecule has 0 radical (unpaired) electrons. The number of benzene rings is 1. The minimum Gasteiger partial charge on any atom is -0.388 e. The summed E-state index contributed by atoms with van der Waals surface area (Å²) in [6, 6.07) is 4.56. The van der Waals surface area contributed by atoms with E-state index in [1.54, 1.807) is 12.1 Å². The Balaban J connectivity index is 2.85. The van der Waals surface area contributed by atoms with Crippen LogP contribution in [0.25, 0.3) is 0 Å². The van der Waals surface area contributed by atoms with Crippen molar-refractivity contribution in [2.24, 2.45) is 0 Å². The van der Waals surface area contributed by atoms with Crippen LogP contribution in [0.4, 0.5) is 4.39 Å². The lowest BCUT2D eigenvalue weighted by Crippen LogP contribution is -2.01. The summed E-state index contributed by atoms with van der Waals surface area (Å²) in [5.74, 6) is -0.380. The van der Waals surface area contributed by atoms with Crippen LogP contribution < -0.4 is 0 Å². The number of hydrogen-bond acceptors (Lipinski definition) is 1. The highest BCUT2D eigenvalue weighted by Crippen LogP contribution is 2.26. The minimum atomic E-state index is -0.810. The highest BCUT2D eigenvalue weighted by atomic mass is 79.9. The van der Waals surface area contributed by atoms with Crippen molar-refractivity contribution in [3.05, 3.63) is 46.2 Å². The second-order valence-corrected chi connectivity index (χ2v) is 4.40. The molecule has 0 amide bonds. The van der Waals surface area contributed by atoms with Crippen LogP contribution in [-0.4, -0.2) is 5.11 Å². The maximum absolute atomic E-state index is 13.4. The summed E-state index contributed by atoms with van der Waals surface area (Å²) >= 11 is 3.25. The van der Waals surface area contributed by atoms with Crippen LogP contribution in [0.15, 0.2) is 34.8 Å². The Morgan fingerprint density at radius 3 is 2.87 bits per heavy atom. The Hall–Kier alpha value is -0.670. The zero-order chi connectivity index (χ0) is 11.4. The van der Waals surface area contributed by atoms with Crippen molar-refractivity contribution in [2.75, 3.05) is 0 Å². The first-order valence-corrected chi connectivity index (χ1v) is 5.63. The Bertz CT molecular complexity index is 363. The molecule has 1 N–H and O–H groups in total. The SMILES string of the molecule is C=C(CC)CC(O)c1cc(Br)ccc1F. The van der Waals surface area contributed by atoms with E-state index in [9.17, 15) is 9.50 Å². The van der Waals surface area contributed by atoms with E-state index in [1.807, 2.05) is 6.92 Å². The molecule has 0 aliphatic heterocycles. The van der Waals surface area contributed by atoms with Gasteiger partial charge in [-0.15, -0.1) is 0 Å². The predicted octanol–water partition coefficient (Wildman–Crippen LogP) is 3.98. The van der Waals surface area contributed by atoms with Crippen molar-refractivity contribution >= 4 is 15.9 Å². The van der Waals surface area contributed by atoms with E-state index >= 15 is 0 Å². The van der Waals surface area contributed by atoms with Gasteiger partial charge >= 0.3 is 0 Å². The van der Waals surface area contributed by atoms with Gasteiger partial charge in [-0.25, -0.2) is 4.39 Å². The van der Waals surface area contributed by atoms with Gasteiger partial charge in [-0.3, -0.25) is 0 Å². The molecule has 15 heavy (non-hydrogen) atoms. The smallest absolute Gasteiger partial charge is 0.129 e. The summed E-state index contributed by atoms with van der Waals surface area (Å²) < 4.78 is 14.1. The molecule has 0 saturated carbocycles. The third-order valence-electron chi connectivity index (χ3n) is 2.30. The van der Waals surface area contributed by atoms with E-state index in [2.05, 4.69) is 22.5 Å². The van der Waals surface area contributed by atoms with Crippen molar-refractivity contribution < 1.29 is 9.50 Å². The van der Waals surface area contributed by atoms with Crippen LogP contribution in [0.3, 0.4) is 0 Å². The molecule has 0 bridgehead atoms. The highest BCUT2D eigenvalue weighted by molar-refractivity contribution is 9.10. The average Bonchev–Trinajstić information content (AvgIpc) is 2.21. The van der Waals surface area contributed by atoms with Gasteiger partial charge in [-0.2, -0.15) is 0 Å². The predicted molar refractivity (Wildman–Crippen MR) is 63.1 cm³/mol. The molecule has 1 unspecified atom stereocenters. The van der Waals surface area contributed by atoms with Gasteiger partial charge in [-0.1, -0.05) is 35.0 Å². The standard InChI is InChI=1S/C12H14BrFO/c1-3-8(2)6-12(15)10-7-9(13)4-5-11(10)14/h4-5,7,12,15H,2-3,6H2,1H3. The van der Waals surface area contributed by atoms with Gasteiger partial charge in [0.2, 0.25) is 0 Å². The second-order valence-electron chi connectivity index (χ2n) is 3.49. The van der Waals surface area contributed by atoms with E-state index in [0.29, 0.717) is 12.0 Å². The van der Waals surface area contributed by atoms with Gasteiger partial charge in [0.15, 0.2) is 0 Å². The van der Waals surface area contributed by atoms with Gasteiger partial charge in [0.25, 0.3) is 0 Å². The summed E-state index contributed by atoms with van der Waals surface area (Å²) in [6.45, 7) is 5.76. The zero-order valence-electron chi connectivity index (χ0n) is 8.63. The van der Waals surface area contributed by atoms with E-state index in [1.165, 1.54) is 6.07 Å². The van der Waals surface area contributed by atoms with Crippen LogP contribution in [0.5, 0.6) is 0 Å². The lowest BCUT2D eigenvalue weighted by Gasteiger charge is -2.13. The fraction of sp³-hybridized carbons (Fsp3) is 0.333. The van der Waals surface area contributed by atoms with Gasteiger partial charge < -0.3 is 5.11 Å². The normalized spacial score (nSPS) is 12.5. The molecule has 0 spiro atoms. The molecule has 0 fully saturated rings. The Morgan fingerprint density at radius 1 is 1.60 bits per heavy atom. The Morgan fingerprint density at radius 2 is 2.27 bits per heavy atom. The van der Waals surface area contributed by atoms with Crippen molar-refractivity contribution in [3.63, 3.8) is 0 Å². The van der Waals surface area contributed by atoms with Crippen LogP contribution >= 0.6 is 15.9 Å². The number of hydrogen-bond donors (Lipinski definition) is 1. The lowest BCUT2D eigenvalue weighted by atomic mass is 10.0. The van der Waals surface area contributed by atoms with E-state index in [0.717, 1.165) is 16.5 Å². The van der Waals surface area contributed by atoms with Gasteiger partial charge in [0.05, 0.1) is 6.10 Å². The van der Waals surface area contributed by atoms with Crippen molar-refractivity contribution in [2.45, 2.75) is 25.9 Å². The largest absolute Gasteiger partial charge is 0.388 e. The third-order valence-corrected chi connectivity index (χ3v) is 2.79. The van der Waals surface area contributed by atoms with Crippen molar-refractivity contribution in [1.29, 1.82) is 0 Å². The monoisotopic (exact) mass is 272 g/mol. The summed E-state index contributed by atoms with van der Waals surface area (Å²) in [5.41, 5.74) is 1.24. The molecule has 1 aromatic rings. The van der Waals surface area contributed by atoms with Crippen LogP contribution in [-0.2, 0) is 0 Å².